The molecule has 1 fully saturated rings. The summed E-state index contributed by atoms with van der Waals surface area (Å²) < 4.78 is 0. The van der Waals surface area contributed by atoms with Crippen LogP contribution in [0, 0.1) is 47.3 Å². The van der Waals surface area contributed by atoms with Crippen molar-refractivity contribution in [3.8, 4) is 0 Å². The average molecular weight is 1170 g/mol. The third-order valence-electron chi connectivity index (χ3n) is 14.4. The third-order valence-corrected chi connectivity index (χ3v) is 14.4. The SMILES string of the molecule is CC(C)C[C@@H]1NC(=O)[C@H](Cc2ccccc2)NC(=O)[C@@H](CC(C)C)NC(=O)[C@@H](CC(C)C)NC(=O)[C@H](C(C)C)NC(=O)[C@H](CC(C)C)NC(=O)[C@H](Cc2ccccc2)NC(=O)[C@@H](CC(C)C)NC(=O)[C@@H](CC(C)C)NC(=O)[C@H](C(C)C)NC1=O. The predicted octanol–water partition coefficient (Wildman–Crippen LogP) is 4.92. The summed E-state index contributed by atoms with van der Waals surface area (Å²) in [6.45, 7) is 29.4. The van der Waals surface area contributed by atoms with Gasteiger partial charge in [0.15, 0.2) is 0 Å². The molecule has 2 aromatic carbocycles. The maximum Gasteiger partial charge on any atom is 0.243 e. The second-order valence-corrected chi connectivity index (χ2v) is 26.1. The largest absolute Gasteiger partial charge is 0.343 e. The minimum atomic E-state index is -1.27. The highest BCUT2D eigenvalue weighted by molar-refractivity contribution is 5.99. The maximum atomic E-state index is 14.7. The molecule has 0 radical (unpaired) electrons. The quantitative estimate of drug-likeness (QED) is 0.0961. The van der Waals surface area contributed by atoms with Crippen molar-refractivity contribution in [3.63, 3.8) is 0 Å². The highest BCUT2D eigenvalue weighted by Gasteiger charge is 2.39. The van der Waals surface area contributed by atoms with Gasteiger partial charge in [0.2, 0.25) is 59.1 Å². The number of carbonyl (C=O) groups is 10. The van der Waals surface area contributed by atoms with Gasteiger partial charge in [0, 0.05) is 12.8 Å². The summed E-state index contributed by atoms with van der Waals surface area (Å²) in [5.74, 6) is -8.73. The molecule has 10 atom stereocenters. The van der Waals surface area contributed by atoms with Gasteiger partial charge in [-0.1, -0.05) is 171 Å². The molecule has 1 aliphatic rings. The third kappa shape index (κ3) is 24.8. The van der Waals surface area contributed by atoms with Gasteiger partial charge in [0.05, 0.1) is 0 Å². The smallest absolute Gasteiger partial charge is 0.243 e. The molecule has 10 amide bonds. The molecular formula is C64H102N10O10. The Bertz CT molecular complexity index is 2310. The minimum absolute atomic E-state index is 0.00287. The summed E-state index contributed by atoms with van der Waals surface area (Å²) in [4.78, 5) is 146. The molecule has 0 saturated carbocycles. The van der Waals surface area contributed by atoms with Gasteiger partial charge in [-0.25, -0.2) is 0 Å². The van der Waals surface area contributed by atoms with E-state index in [1.165, 1.54) is 0 Å². The van der Waals surface area contributed by atoms with E-state index < -0.39 is 131 Å². The van der Waals surface area contributed by atoms with Crippen molar-refractivity contribution in [2.24, 2.45) is 47.3 Å². The molecule has 0 spiro atoms. The van der Waals surface area contributed by atoms with E-state index in [1.807, 2.05) is 95.2 Å². The van der Waals surface area contributed by atoms with Crippen molar-refractivity contribution in [2.45, 2.75) is 223 Å². The van der Waals surface area contributed by atoms with Gasteiger partial charge >= 0.3 is 0 Å². The second kappa shape index (κ2) is 34.8. The highest BCUT2D eigenvalue weighted by Crippen LogP contribution is 2.17. The number of amides is 10. The molecule has 468 valence electrons. The zero-order valence-corrected chi connectivity index (χ0v) is 52.9. The van der Waals surface area contributed by atoms with Crippen LogP contribution in [0.25, 0.3) is 0 Å². The fourth-order valence-electron chi connectivity index (χ4n) is 10.1. The lowest BCUT2D eigenvalue weighted by Crippen LogP contribution is -2.62. The van der Waals surface area contributed by atoms with Crippen LogP contribution in [-0.4, -0.2) is 119 Å². The van der Waals surface area contributed by atoms with Crippen LogP contribution in [-0.2, 0) is 60.8 Å². The Kier molecular flexibility index (Phi) is 29.6. The van der Waals surface area contributed by atoms with Crippen LogP contribution in [0.2, 0.25) is 0 Å². The van der Waals surface area contributed by atoms with Gasteiger partial charge in [0.25, 0.3) is 0 Å². The lowest BCUT2D eigenvalue weighted by molar-refractivity contribution is -0.137. The Morgan fingerprint density at radius 3 is 0.631 bits per heavy atom. The Morgan fingerprint density at radius 2 is 0.429 bits per heavy atom. The first-order valence-electron chi connectivity index (χ1n) is 30.5. The number of carbonyl (C=O) groups excluding carboxylic acids is 10. The van der Waals surface area contributed by atoms with Crippen LogP contribution >= 0.6 is 0 Å². The summed E-state index contributed by atoms with van der Waals surface area (Å²) in [5, 5.41) is 28.6. The molecule has 1 aliphatic heterocycles. The molecule has 0 aromatic heterocycles. The molecule has 0 aliphatic carbocycles. The van der Waals surface area contributed by atoms with Crippen molar-refractivity contribution in [3.05, 3.63) is 71.8 Å². The first-order valence-corrected chi connectivity index (χ1v) is 30.5. The highest BCUT2D eigenvalue weighted by atomic mass is 16.2. The molecule has 0 bridgehead atoms. The van der Waals surface area contributed by atoms with E-state index in [2.05, 4.69) is 53.2 Å². The predicted molar refractivity (Wildman–Crippen MR) is 326 cm³/mol. The summed E-state index contributed by atoms with van der Waals surface area (Å²) in [7, 11) is 0. The zero-order valence-electron chi connectivity index (χ0n) is 52.9. The van der Waals surface area contributed by atoms with E-state index in [0.29, 0.717) is 11.1 Å². The fourth-order valence-corrected chi connectivity index (χ4v) is 10.1. The number of nitrogens with one attached hydrogen (secondary N) is 10. The van der Waals surface area contributed by atoms with Crippen LogP contribution in [0.15, 0.2) is 60.7 Å². The molecule has 2 aromatic rings. The topological polar surface area (TPSA) is 291 Å². The van der Waals surface area contributed by atoms with Crippen LogP contribution in [0.3, 0.4) is 0 Å². The van der Waals surface area contributed by atoms with Gasteiger partial charge in [0.1, 0.15) is 60.4 Å². The first kappa shape index (κ1) is 71.4. The molecule has 10 N–H and O–H groups in total. The number of rotatable bonds is 18. The van der Waals surface area contributed by atoms with Gasteiger partial charge in [-0.2, -0.15) is 0 Å². The van der Waals surface area contributed by atoms with Gasteiger partial charge in [-0.05, 0) is 97.0 Å². The number of hydrogen-bond acceptors (Lipinski definition) is 10. The minimum Gasteiger partial charge on any atom is -0.343 e. The van der Waals surface area contributed by atoms with Crippen molar-refractivity contribution < 1.29 is 47.9 Å². The monoisotopic (exact) mass is 1170 g/mol. The van der Waals surface area contributed by atoms with E-state index in [4.69, 9.17) is 0 Å². The Labute approximate surface area is 500 Å². The molecular weight excluding hydrogens is 1070 g/mol. The van der Waals surface area contributed by atoms with Crippen LogP contribution in [0.5, 0.6) is 0 Å². The van der Waals surface area contributed by atoms with Gasteiger partial charge in [-0.3, -0.25) is 47.9 Å². The van der Waals surface area contributed by atoms with Gasteiger partial charge < -0.3 is 53.2 Å². The number of hydrogen-bond donors (Lipinski definition) is 10. The normalized spacial score (nSPS) is 25.0. The molecule has 20 heteroatoms. The Hall–Kier alpha value is -6.86. The number of benzene rings is 2. The Balaban J connectivity index is 2.29. The van der Waals surface area contributed by atoms with Crippen LogP contribution in [0.1, 0.15) is 160 Å². The molecule has 3 rings (SSSR count). The summed E-state index contributed by atoms with van der Waals surface area (Å²) in [5.41, 5.74) is 1.38. The molecule has 20 nitrogen and oxygen atoms in total. The standard InChI is InChI=1S/C64H102N10O10/c1-35(2)27-45-55(75)69-51(33-43-23-19-17-20-24-43)59(79)67-49(31-39(9)10)61(81)74-54(42(15)16)64(84)72-48(30-38(7)8)58(78)66-46(28-36(3)4)56(76)70-52(34-44-25-21-18-22-26-44)60(80)68-50(32-40(11)12)62(82)73-53(41(13)14)63(83)71-47(29-37(5)6)57(77)65-45/h17-26,35-42,45-54H,27-34H2,1-16H3,(H,65,77)(H,66,78)(H,67,79)(H,68,80)(H,69,75)(H,70,76)(H,71,83)(H,72,84)(H,73,82)(H,74,81)/t45-,46-,47-,48-,49+,50+,51+,52+,53+,54+/m1/s1. The lowest BCUT2D eigenvalue weighted by atomic mass is 9.96. The molecule has 1 saturated heterocycles. The Morgan fingerprint density at radius 1 is 0.250 bits per heavy atom. The molecule has 1 heterocycles. The van der Waals surface area contributed by atoms with Crippen molar-refractivity contribution in [2.75, 3.05) is 0 Å². The van der Waals surface area contributed by atoms with E-state index in [9.17, 15) is 47.9 Å². The second-order valence-electron chi connectivity index (χ2n) is 26.1. The fraction of sp³-hybridized carbons (Fsp3) is 0.656. The first-order chi connectivity index (χ1) is 39.3. The van der Waals surface area contributed by atoms with Gasteiger partial charge in [-0.15, -0.1) is 0 Å². The van der Waals surface area contributed by atoms with Crippen molar-refractivity contribution in [1.82, 2.24) is 53.2 Å². The summed E-state index contributed by atoms with van der Waals surface area (Å²) in [6.07, 6.45) is 0.827. The van der Waals surface area contributed by atoms with Crippen molar-refractivity contribution in [1.29, 1.82) is 0 Å². The summed E-state index contributed by atoms with van der Waals surface area (Å²) in [6, 6.07) is 5.81. The van der Waals surface area contributed by atoms with E-state index >= 15 is 0 Å². The lowest BCUT2D eigenvalue weighted by Gasteiger charge is -2.31. The van der Waals surface area contributed by atoms with Crippen LogP contribution < -0.4 is 53.2 Å². The zero-order chi connectivity index (χ0) is 63.1. The average Bonchev–Trinajstić information content (AvgIpc) is 3.28. The summed E-state index contributed by atoms with van der Waals surface area (Å²) >= 11 is 0. The molecule has 0 unspecified atom stereocenters. The molecule has 84 heavy (non-hydrogen) atoms. The van der Waals surface area contributed by atoms with E-state index in [1.54, 1.807) is 76.2 Å². The van der Waals surface area contributed by atoms with E-state index in [0.717, 1.165) is 0 Å². The van der Waals surface area contributed by atoms with E-state index in [-0.39, 0.29) is 86.9 Å². The van der Waals surface area contributed by atoms with Crippen molar-refractivity contribution >= 4 is 59.1 Å². The maximum absolute atomic E-state index is 14.7. The van der Waals surface area contributed by atoms with Crippen LogP contribution in [0.4, 0.5) is 0 Å².